The van der Waals surface area contributed by atoms with Crippen LogP contribution in [0.1, 0.15) is 26.7 Å². The van der Waals surface area contributed by atoms with Crippen molar-refractivity contribution >= 4 is 19.8 Å². The summed E-state index contributed by atoms with van der Waals surface area (Å²) >= 11 is 0. The summed E-state index contributed by atoms with van der Waals surface area (Å²) in [4.78, 5) is 31.6. The van der Waals surface area contributed by atoms with Crippen LogP contribution >= 0.6 is 7.82 Å². The van der Waals surface area contributed by atoms with Gasteiger partial charge in [-0.1, -0.05) is 6.92 Å². The van der Waals surface area contributed by atoms with Crippen LogP contribution in [0.25, 0.3) is 0 Å². The Bertz CT molecular complexity index is 413. The highest BCUT2D eigenvalue weighted by Crippen LogP contribution is 2.43. The standard InChI is InChI=1S/C12H23O10P/c1-3-4-12(16)22-11(7-19-9(2)14)8-21-23(17,18)20-6-10(15)5-13/h10-11,13,15H,3-8H2,1-2H3,(H,17,18)/t10-,11+/m0/s1. The molecule has 0 rings (SSSR count). The van der Waals surface area contributed by atoms with Crippen molar-refractivity contribution < 1.29 is 47.8 Å². The van der Waals surface area contributed by atoms with Gasteiger partial charge in [-0.3, -0.25) is 18.6 Å². The first kappa shape index (κ1) is 22.0. The molecule has 0 aliphatic heterocycles. The van der Waals surface area contributed by atoms with Gasteiger partial charge in [-0.15, -0.1) is 0 Å². The number of esters is 2. The molecule has 3 N–H and O–H groups in total. The van der Waals surface area contributed by atoms with Crippen molar-refractivity contribution in [2.24, 2.45) is 0 Å². The van der Waals surface area contributed by atoms with Crippen molar-refractivity contribution in [3.63, 3.8) is 0 Å². The second-order valence-electron chi connectivity index (χ2n) is 4.56. The van der Waals surface area contributed by atoms with Crippen LogP contribution in [0, 0.1) is 0 Å². The van der Waals surface area contributed by atoms with Crippen molar-refractivity contribution in [2.45, 2.75) is 38.9 Å². The van der Waals surface area contributed by atoms with E-state index in [1.165, 1.54) is 0 Å². The Morgan fingerprint density at radius 3 is 2.30 bits per heavy atom. The van der Waals surface area contributed by atoms with E-state index in [1.807, 2.05) is 0 Å². The van der Waals surface area contributed by atoms with Gasteiger partial charge in [0, 0.05) is 13.3 Å². The molecule has 11 heteroatoms. The summed E-state index contributed by atoms with van der Waals surface area (Å²) in [5.74, 6) is -1.19. The number of aliphatic hydroxyl groups excluding tert-OH is 2. The minimum Gasteiger partial charge on any atom is -0.462 e. The third kappa shape index (κ3) is 12.1. The quantitative estimate of drug-likeness (QED) is 0.315. The molecule has 0 aromatic heterocycles. The molecule has 0 aromatic carbocycles. The molecule has 23 heavy (non-hydrogen) atoms. The van der Waals surface area contributed by atoms with Crippen LogP contribution in [0.5, 0.6) is 0 Å². The second-order valence-corrected chi connectivity index (χ2v) is 6.01. The molecular weight excluding hydrogens is 335 g/mol. The lowest BCUT2D eigenvalue weighted by Crippen LogP contribution is -2.29. The number of rotatable bonds is 12. The Balaban J connectivity index is 4.46. The number of phosphoric ester groups is 1. The van der Waals surface area contributed by atoms with Gasteiger partial charge in [0.15, 0.2) is 6.10 Å². The van der Waals surface area contributed by atoms with E-state index in [1.54, 1.807) is 6.92 Å². The number of ether oxygens (including phenoxy) is 2. The maximum absolute atomic E-state index is 11.6. The molecule has 0 saturated carbocycles. The molecule has 0 aliphatic rings. The Kier molecular flexibility index (Phi) is 11.0. The highest BCUT2D eigenvalue weighted by atomic mass is 31.2. The van der Waals surface area contributed by atoms with Crippen LogP contribution in [-0.4, -0.2) is 65.7 Å². The maximum atomic E-state index is 11.6. The first-order valence-electron chi connectivity index (χ1n) is 6.93. The molecule has 0 aromatic rings. The summed E-state index contributed by atoms with van der Waals surface area (Å²) in [6.45, 7) is 0.761. The van der Waals surface area contributed by atoms with Gasteiger partial charge in [0.25, 0.3) is 0 Å². The third-order valence-electron chi connectivity index (χ3n) is 2.29. The van der Waals surface area contributed by atoms with Crippen LogP contribution in [0.15, 0.2) is 0 Å². The van der Waals surface area contributed by atoms with E-state index < -0.39 is 51.8 Å². The predicted molar refractivity (Wildman–Crippen MR) is 76.2 cm³/mol. The Labute approximate surface area is 133 Å². The number of hydrogen-bond donors (Lipinski definition) is 3. The maximum Gasteiger partial charge on any atom is 0.472 e. The van der Waals surface area contributed by atoms with Gasteiger partial charge in [0.1, 0.15) is 12.7 Å². The fourth-order valence-electron chi connectivity index (χ4n) is 1.22. The van der Waals surface area contributed by atoms with Crippen molar-refractivity contribution in [3.8, 4) is 0 Å². The van der Waals surface area contributed by atoms with Crippen LogP contribution in [0.2, 0.25) is 0 Å². The summed E-state index contributed by atoms with van der Waals surface area (Å²) in [6.07, 6.45) is -1.74. The van der Waals surface area contributed by atoms with E-state index in [2.05, 4.69) is 13.8 Å². The average molecular weight is 358 g/mol. The lowest BCUT2D eigenvalue weighted by Gasteiger charge is -2.19. The highest BCUT2D eigenvalue weighted by Gasteiger charge is 2.26. The van der Waals surface area contributed by atoms with Crippen LogP contribution in [0.4, 0.5) is 0 Å². The lowest BCUT2D eigenvalue weighted by atomic mass is 10.3. The molecule has 0 radical (unpaired) electrons. The molecule has 10 nitrogen and oxygen atoms in total. The molecule has 3 atom stereocenters. The number of aliphatic hydroxyl groups is 2. The molecule has 1 unspecified atom stereocenters. The first-order valence-corrected chi connectivity index (χ1v) is 8.43. The Morgan fingerprint density at radius 2 is 1.78 bits per heavy atom. The van der Waals surface area contributed by atoms with E-state index in [9.17, 15) is 19.0 Å². The Morgan fingerprint density at radius 1 is 1.17 bits per heavy atom. The fourth-order valence-corrected chi connectivity index (χ4v) is 2.01. The number of phosphoric acid groups is 1. The summed E-state index contributed by atoms with van der Waals surface area (Å²) in [5.41, 5.74) is 0. The minimum atomic E-state index is -4.52. The molecule has 136 valence electrons. The third-order valence-corrected chi connectivity index (χ3v) is 3.24. The highest BCUT2D eigenvalue weighted by molar-refractivity contribution is 7.47. The van der Waals surface area contributed by atoms with Gasteiger partial charge in [0.05, 0.1) is 19.8 Å². The summed E-state index contributed by atoms with van der Waals surface area (Å²) in [5, 5.41) is 17.6. The van der Waals surface area contributed by atoms with Gasteiger partial charge >= 0.3 is 19.8 Å². The zero-order valence-electron chi connectivity index (χ0n) is 13.0. The van der Waals surface area contributed by atoms with Crippen molar-refractivity contribution in [2.75, 3.05) is 26.4 Å². The van der Waals surface area contributed by atoms with Gasteiger partial charge < -0.3 is 24.6 Å². The molecule has 0 saturated heterocycles. The molecule has 0 spiro atoms. The predicted octanol–water partition coefficient (Wildman–Crippen LogP) is -0.252. The molecule has 0 bridgehead atoms. The second kappa shape index (κ2) is 11.5. The SMILES string of the molecule is CCCC(=O)O[C@H](COC(C)=O)COP(=O)(O)OC[C@@H](O)CO. The summed E-state index contributed by atoms with van der Waals surface area (Å²) in [7, 11) is -4.52. The van der Waals surface area contributed by atoms with Crippen LogP contribution < -0.4 is 0 Å². The smallest absolute Gasteiger partial charge is 0.462 e. The van der Waals surface area contributed by atoms with Crippen LogP contribution in [0.3, 0.4) is 0 Å². The monoisotopic (exact) mass is 358 g/mol. The number of hydrogen-bond acceptors (Lipinski definition) is 9. The molecular formula is C12H23O10P. The van der Waals surface area contributed by atoms with Gasteiger partial charge in [-0.25, -0.2) is 4.57 Å². The molecule has 0 fully saturated rings. The first-order chi connectivity index (χ1) is 10.7. The normalized spacial score (nSPS) is 16.2. The van der Waals surface area contributed by atoms with Gasteiger partial charge in [-0.2, -0.15) is 0 Å². The fraction of sp³-hybridized carbons (Fsp3) is 0.833. The lowest BCUT2D eigenvalue weighted by molar-refractivity contribution is -0.160. The molecule has 0 heterocycles. The van der Waals surface area contributed by atoms with Crippen molar-refractivity contribution in [1.82, 2.24) is 0 Å². The van der Waals surface area contributed by atoms with E-state index >= 15 is 0 Å². The van der Waals surface area contributed by atoms with Gasteiger partial charge in [0.2, 0.25) is 0 Å². The molecule has 0 aliphatic carbocycles. The number of carbonyl (C=O) groups excluding carboxylic acids is 2. The van der Waals surface area contributed by atoms with E-state index in [-0.39, 0.29) is 13.0 Å². The zero-order valence-corrected chi connectivity index (χ0v) is 13.9. The minimum absolute atomic E-state index is 0.131. The van der Waals surface area contributed by atoms with Crippen molar-refractivity contribution in [3.05, 3.63) is 0 Å². The number of carbonyl (C=O) groups is 2. The zero-order chi connectivity index (χ0) is 17.9. The summed E-state index contributed by atoms with van der Waals surface area (Å²) < 4.78 is 30.3. The Hall–Kier alpha value is -1.03. The van der Waals surface area contributed by atoms with E-state index in [0.29, 0.717) is 6.42 Å². The van der Waals surface area contributed by atoms with E-state index in [4.69, 9.17) is 14.9 Å². The molecule has 0 amide bonds. The van der Waals surface area contributed by atoms with E-state index in [0.717, 1.165) is 6.92 Å². The van der Waals surface area contributed by atoms with Gasteiger partial charge in [-0.05, 0) is 6.42 Å². The van der Waals surface area contributed by atoms with Crippen LogP contribution in [-0.2, 0) is 32.7 Å². The largest absolute Gasteiger partial charge is 0.472 e. The average Bonchev–Trinajstić information content (AvgIpc) is 2.47. The summed E-state index contributed by atoms with van der Waals surface area (Å²) in [6, 6.07) is 0. The van der Waals surface area contributed by atoms with Crippen molar-refractivity contribution in [1.29, 1.82) is 0 Å². The topological polar surface area (TPSA) is 149 Å².